The zero-order valence-corrected chi connectivity index (χ0v) is 9.82. The fourth-order valence-electron chi connectivity index (χ4n) is 1.07. The number of hydrogen-bond acceptors (Lipinski definition) is 3. The lowest BCUT2D eigenvalue weighted by atomic mass is 10.1. The van der Waals surface area contributed by atoms with Gasteiger partial charge in [-0.1, -0.05) is 29.8 Å². The predicted molar refractivity (Wildman–Crippen MR) is 58.3 cm³/mol. The third-order valence-corrected chi connectivity index (χ3v) is 2.62. The summed E-state index contributed by atoms with van der Waals surface area (Å²) in [4.78, 5) is 8.25. The zero-order chi connectivity index (χ0) is 10.6. The van der Waals surface area contributed by atoms with Gasteiger partial charge in [0, 0.05) is 11.0 Å². The van der Waals surface area contributed by atoms with Gasteiger partial charge in [-0.3, -0.25) is 0 Å². The minimum absolute atomic E-state index is 0.185. The van der Waals surface area contributed by atoms with E-state index >= 15 is 0 Å². The van der Waals surface area contributed by atoms with Gasteiger partial charge in [0.1, 0.15) is 6.33 Å². The van der Waals surface area contributed by atoms with Gasteiger partial charge in [-0.15, -0.1) is 0 Å². The minimum atomic E-state index is -0.185. The largest absolute Gasteiger partial charge is 0.241 e. The molecule has 0 aliphatic carbocycles. The first kappa shape index (κ1) is 11.1. The van der Waals surface area contributed by atoms with E-state index in [9.17, 15) is 0 Å². The molecule has 0 fully saturated rings. The molecule has 0 saturated carbocycles. The highest BCUT2D eigenvalue weighted by Crippen LogP contribution is 2.18. The molecule has 1 heterocycles. The Labute approximate surface area is 92.3 Å². The summed E-state index contributed by atoms with van der Waals surface area (Å²) in [6.07, 6.45) is 1.53. The Bertz CT molecular complexity index is 343. The molecule has 1 rings (SSSR count). The van der Waals surface area contributed by atoms with Gasteiger partial charge in [-0.05, 0) is 12.0 Å². The van der Waals surface area contributed by atoms with E-state index in [2.05, 4.69) is 45.8 Å². The van der Waals surface area contributed by atoms with Crippen molar-refractivity contribution in [2.45, 2.75) is 25.7 Å². The Morgan fingerprint density at radius 2 is 2.07 bits per heavy atom. The molecule has 0 aliphatic rings. The molecule has 0 N–H and O–H groups in total. The summed E-state index contributed by atoms with van der Waals surface area (Å²) < 4.78 is 0. The summed E-state index contributed by atoms with van der Waals surface area (Å²) in [5, 5.41) is 9.48. The molecule has 1 aromatic rings. The third-order valence-electron chi connectivity index (χ3n) is 1.97. The summed E-state index contributed by atoms with van der Waals surface area (Å²) in [7, 11) is 0. The first-order chi connectivity index (χ1) is 6.69. The minimum Gasteiger partial charge on any atom is -0.241 e. The van der Waals surface area contributed by atoms with E-state index in [1.807, 2.05) is 6.07 Å². The molecule has 0 aromatic carbocycles. The second-order valence-electron chi connectivity index (χ2n) is 3.36. The topological polar surface area (TPSA) is 49.6 Å². The van der Waals surface area contributed by atoms with Crippen LogP contribution in [-0.2, 0) is 0 Å². The number of hydrogen-bond donors (Lipinski definition) is 0. The van der Waals surface area contributed by atoms with E-state index in [4.69, 9.17) is 5.26 Å². The van der Waals surface area contributed by atoms with Crippen LogP contribution in [0.15, 0.2) is 12.4 Å². The lowest BCUT2D eigenvalue weighted by Gasteiger charge is -2.08. The maximum Gasteiger partial charge on any atom is 0.115 e. The van der Waals surface area contributed by atoms with Crippen molar-refractivity contribution in [2.75, 3.05) is 5.33 Å². The predicted octanol–water partition coefficient (Wildman–Crippen LogP) is 2.60. The van der Waals surface area contributed by atoms with Crippen molar-refractivity contribution in [3.05, 3.63) is 23.8 Å². The van der Waals surface area contributed by atoms with Crippen molar-refractivity contribution >= 4 is 15.9 Å². The van der Waals surface area contributed by atoms with E-state index < -0.39 is 0 Å². The molecule has 0 bridgehead atoms. The Kier molecular flexibility index (Phi) is 4.02. The average molecular weight is 254 g/mol. The van der Waals surface area contributed by atoms with E-state index in [1.165, 1.54) is 6.33 Å². The quantitative estimate of drug-likeness (QED) is 0.779. The van der Waals surface area contributed by atoms with Gasteiger partial charge >= 0.3 is 0 Å². The van der Waals surface area contributed by atoms with Gasteiger partial charge in [-0.25, -0.2) is 9.97 Å². The first-order valence-corrected chi connectivity index (χ1v) is 5.58. The fraction of sp³-hybridized carbons (Fsp3) is 0.500. The van der Waals surface area contributed by atoms with Crippen LogP contribution in [0.25, 0.3) is 0 Å². The van der Waals surface area contributed by atoms with Crippen LogP contribution in [0.3, 0.4) is 0 Å². The van der Waals surface area contributed by atoms with E-state index in [1.54, 1.807) is 0 Å². The number of nitrogens with zero attached hydrogens (tertiary/aromatic N) is 3. The smallest absolute Gasteiger partial charge is 0.115 e. The molecular weight excluding hydrogens is 242 g/mol. The molecule has 0 amide bonds. The Balaban J connectivity index is 3.00. The van der Waals surface area contributed by atoms with Crippen molar-refractivity contribution in [1.82, 2.24) is 9.97 Å². The van der Waals surface area contributed by atoms with Crippen LogP contribution in [0.1, 0.15) is 37.1 Å². The van der Waals surface area contributed by atoms with Gasteiger partial charge in [-0.2, -0.15) is 5.26 Å². The van der Waals surface area contributed by atoms with Gasteiger partial charge in [0.15, 0.2) is 0 Å². The van der Waals surface area contributed by atoms with Crippen LogP contribution in [0.4, 0.5) is 0 Å². The van der Waals surface area contributed by atoms with Gasteiger partial charge in [0.2, 0.25) is 0 Å². The Morgan fingerprint density at radius 3 is 2.57 bits per heavy atom. The summed E-state index contributed by atoms with van der Waals surface area (Å²) in [5.74, 6) is 0.182. The second-order valence-corrected chi connectivity index (χ2v) is 4.01. The number of rotatable bonds is 3. The summed E-state index contributed by atoms with van der Waals surface area (Å²) >= 11 is 3.29. The number of alkyl halides is 1. The normalized spacial score (nSPS) is 12.5. The number of halogens is 1. The monoisotopic (exact) mass is 253 g/mol. The zero-order valence-electron chi connectivity index (χ0n) is 8.24. The highest BCUT2D eigenvalue weighted by molar-refractivity contribution is 9.09. The van der Waals surface area contributed by atoms with Gasteiger partial charge in [0.25, 0.3) is 0 Å². The molecular formula is C10H12BrN3. The number of aromatic nitrogens is 2. The maximum absolute atomic E-state index is 8.87. The molecule has 1 atom stereocenters. The van der Waals surface area contributed by atoms with Crippen LogP contribution in [0.2, 0.25) is 0 Å². The van der Waals surface area contributed by atoms with E-state index in [-0.39, 0.29) is 5.92 Å². The molecule has 0 spiro atoms. The van der Waals surface area contributed by atoms with Crippen molar-refractivity contribution in [3.8, 4) is 6.07 Å². The molecule has 3 nitrogen and oxygen atoms in total. The summed E-state index contributed by atoms with van der Waals surface area (Å²) in [5.41, 5.74) is 1.78. The van der Waals surface area contributed by atoms with Crippen molar-refractivity contribution < 1.29 is 0 Å². The van der Waals surface area contributed by atoms with Crippen molar-refractivity contribution in [3.63, 3.8) is 0 Å². The summed E-state index contributed by atoms with van der Waals surface area (Å²) in [6.45, 7) is 4.14. The number of nitriles is 1. The molecule has 1 unspecified atom stereocenters. The Morgan fingerprint density at radius 1 is 1.43 bits per heavy atom. The SMILES string of the molecule is CC(C)c1cc(C(C#N)CBr)ncn1. The summed E-state index contributed by atoms with van der Waals surface area (Å²) in [6, 6.07) is 4.10. The molecule has 4 heteroatoms. The Hall–Kier alpha value is -0.950. The van der Waals surface area contributed by atoms with Gasteiger partial charge in [0.05, 0.1) is 17.7 Å². The van der Waals surface area contributed by atoms with Crippen LogP contribution < -0.4 is 0 Å². The van der Waals surface area contributed by atoms with Crippen LogP contribution in [0, 0.1) is 11.3 Å². The highest BCUT2D eigenvalue weighted by atomic mass is 79.9. The first-order valence-electron chi connectivity index (χ1n) is 4.46. The second kappa shape index (κ2) is 5.06. The van der Waals surface area contributed by atoms with Crippen molar-refractivity contribution in [1.29, 1.82) is 5.26 Å². The molecule has 1 aromatic heterocycles. The van der Waals surface area contributed by atoms with E-state index in [0.29, 0.717) is 11.2 Å². The third kappa shape index (κ3) is 2.52. The van der Waals surface area contributed by atoms with Crippen LogP contribution in [0.5, 0.6) is 0 Å². The fourth-order valence-corrected chi connectivity index (χ4v) is 1.55. The molecule has 74 valence electrons. The average Bonchev–Trinajstić information content (AvgIpc) is 2.20. The molecule has 0 aliphatic heterocycles. The highest BCUT2D eigenvalue weighted by Gasteiger charge is 2.12. The molecule has 14 heavy (non-hydrogen) atoms. The lowest BCUT2D eigenvalue weighted by molar-refractivity contribution is 0.794. The van der Waals surface area contributed by atoms with E-state index in [0.717, 1.165) is 11.4 Å². The lowest BCUT2D eigenvalue weighted by Crippen LogP contribution is -2.03. The van der Waals surface area contributed by atoms with Crippen LogP contribution in [-0.4, -0.2) is 15.3 Å². The standard InChI is InChI=1S/C10H12BrN3/c1-7(2)9-3-10(14-6-13-9)8(4-11)5-12/h3,6-8H,4H2,1-2H3. The van der Waals surface area contributed by atoms with Crippen LogP contribution >= 0.6 is 15.9 Å². The maximum atomic E-state index is 8.87. The molecule has 0 radical (unpaired) electrons. The van der Waals surface area contributed by atoms with Crippen molar-refractivity contribution in [2.24, 2.45) is 0 Å². The van der Waals surface area contributed by atoms with Gasteiger partial charge < -0.3 is 0 Å². The molecule has 0 saturated heterocycles.